The highest BCUT2D eigenvalue weighted by Gasteiger charge is 2.40. The molecule has 0 aliphatic heterocycles. The van der Waals surface area contributed by atoms with E-state index in [-0.39, 0.29) is 6.54 Å². The number of aryl methyl sites for hydroxylation is 1. The van der Waals surface area contributed by atoms with Gasteiger partial charge in [0.25, 0.3) is 0 Å². The van der Waals surface area contributed by atoms with Crippen molar-refractivity contribution in [2.45, 2.75) is 51.9 Å². The highest BCUT2D eigenvalue weighted by atomic mass is 32.1. The molecule has 25 heavy (non-hydrogen) atoms. The second-order valence-electron chi connectivity index (χ2n) is 7.23. The first-order valence-corrected chi connectivity index (χ1v) is 8.32. The molecule has 2 N–H and O–H groups in total. The van der Waals surface area contributed by atoms with Crippen molar-refractivity contribution < 1.29 is 18.3 Å². The molecule has 1 unspecified atom stereocenters. The fourth-order valence-electron chi connectivity index (χ4n) is 2.54. The zero-order chi connectivity index (χ0) is 18.9. The molecular formula is C17H22F3N3OS. The molecule has 2 aromatic rings. The first kappa shape index (κ1) is 19.7. The normalized spacial score (nSPS) is 15.2. The zero-order valence-corrected chi connectivity index (χ0v) is 15.2. The maximum Gasteiger partial charge on any atom is 0.416 e. The number of alkyl halides is 3. The van der Waals surface area contributed by atoms with E-state index in [1.165, 1.54) is 23.1 Å². The molecule has 1 aromatic heterocycles. The lowest BCUT2D eigenvalue weighted by molar-refractivity contribution is -0.137. The Bertz CT molecular complexity index is 759. The minimum absolute atomic E-state index is 0.208. The molecule has 0 aliphatic carbocycles. The number of hydrogen-bond donors (Lipinski definition) is 2. The van der Waals surface area contributed by atoms with Crippen LogP contribution in [0.25, 0.3) is 0 Å². The SMILES string of the molecule is CC(C)(C)C(O)(CCc1ccc(C(F)(F)F)cc1)Cn1nc[nH]c1=S. The molecule has 0 aliphatic rings. The first-order valence-electron chi connectivity index (χ1n) is 7.91. The first-order chi connectivity index (χ1) is 11.4. The van der Waals surface area contributed by atoms with Crippen molar-refractivity contribution in [2.75, 3.05) is 0 Å². The standard InChI is InChI=1S/C17H22F3N3OS/c1-15(2,3)16(24,10-23-14(25)21-11-22-23)9-8-12-4-6-13(7-5-12)17(18,19)20/h4-7,11,24H,8-10H2,1-3H3,(H,21,22,25). The molecule has 1 aromatic carbocycles. The van der Waals surface area contributed by atoms with Gasteiger partial charge in [-0.1, -0.05) is 32.9 Å². The van der Waals surface area contributed by atoms with Crippen molar-refractivity contribution in [1.82, 2.24) is 14.8 Å². The zero-order valence-electron chi connectivity index (χ0n) is 14.4. The van der Waals surface area contributed by atoms with E-state index in [0.717, 1.165) is 17.7 Å². The van der Waals surface area contributed by atoms with Gasteiger partial charge in [-0.05, 0) is 48.2 Å². The Hall–Kier alpha value is -1.67. The van der Waals surface area contributed by atoms with E-state index in [1.807, 2.05) is 20.8 Å². The number of nitrogens with one attached hydrogen (secondary N) is 1. The number of nitrogens with zero attached hydrogens (tertiary/aromatic N) is 2. The van der Waals surface area contributed by atoms with Gasteiger partial charge in [0, 0.05) is 0 Å². The predicted molar refractivity (Wildman–Crippen MR) is 91.6 cm³/mol. The van der Waals surface area contributed by atoms with Crippen molar-refractivity contribution in [2.24, 2.45) is 5.41 Å². The second kappa shape index (κ2) is 6.92. The van der Waals surface area contributed by atoms with Crippen molar-refractivity contribution in [1.29, 1.82) is 0 Å². The molecule has 0 saturated heterocycles. The predicted octanol–water partition coefficient (Wildman–Crippen LogP) is 4.37. The van der Waals surface area contributed by atoms with Crippen LogP contribution in [0.4, 0.5) is 13.2 Å². The molecule has 0 fully saturated rings. The van der Waals surface area contributed by atoms with Crippen LogP contribution in [0, 0.1) is 10.2 Å². The van der Waals surface area contributed by atoms with Gasteiger partial charge in [-0.25, -0.2) is 4.68 Å². The molecule has 0 bridgehead atoms. The Balaban J connectivity index is 2.15. The number of benzene rings is 1. The summed E-state index contributed by atoms with van der Waals surface area (Å²) in [5.74, 6) is 0. The van der Waals surface area contributed by atoms with Gasteiger partial charge in [-0.2, -0.15) is 18.3 Å². The van der Waals surface area contributed by atoms with Crippen LogP contribution >= 0.6 is 12.2 Å². The maximum absolute atomic E-state index is 12.6. The smallest absolute Gasteiger partial charge is 0.387 e. The van der Waals surface area contributed by atoms with E-state index in [1.54, 1.807) is 0 Å². The van der Waals surface area contributed by atoms with Gasteiger partial charge in [0.1, 0.15) is 6.33 Å². The van der Waals surface area contributed by atoms with E-state index in [4.69, 9.17) is 12.2 Å². The molecule has 8 heteroatoms. The van der Waals surface area contributed by atoms with Crippen molar-refractivity contribution in [3.05, 3.63) is 46.5 Å². The molecule has 4 nitrogen and oxygen atoms in total. The Morgan fingerprint density at radius 2 is 1.76 bits per heavy atom. The molecule has 0 spiro atoms. The molecule has 1 atom stereocenters. The van der Waals surface area contributed by atoms with E-state index >= 15 is 0 Å². The molecule has 0 saturated carbocycles. The number of aliphatic hydroxyl groups is 1. The Labute approximate surface area is 149 Å². The van der Waals surface area contributed by atoms with Gasteiger partial charge in [0.05, 0.1) is 17.7 Å². The summed E-state index contributed by atoms with van der Waals surface area (Å²) in [7, 11) is 0. The van der Waals surface area contributed by atoms with Gasteiger partial charge in [-0.15, -0.1) is 0 Å². The lowest BCUT2D eigenvalue weighted by atomic mass is 9.73. The highest BCUT2D eigenvalue weighted by Crippen LogP contribution is 2.36. The van der Waals surface area contributed by atoms with Gasteiger partial charge in [0.15, 0.2) is 4.77 Å². The average Bonchev–Trinajstić information content (AvgIpc) is 2.89. The fourth-order valence-corrected chi connectivity index (χ4v) is 2.71. The minimum atomic E-state index is -4.35. The summed E-state index contributed by atoms with van der Waals surface area (Å²) in [6.45, 7) is 5.95. The quantitative estimate of drug-likeness (QED) is 0.765. The molecule has 0 radical (unpaired) electrons. The van der Waals surface area contributed by atoms with Crippen LogP contribution in [0.2, 0.25) is 0 Å². The molecule has 0 amide bonds. The number of halogens is 3. The van der Waals surface area contributed by atoms with Gasteiger partial charge in [0.2, 0.25) is 0 Å². The lowest BCUT2D eigenvalue weighted by Gasteiger charge is -2.40. The number of H-pyrrole nitrogens is 1. The van der Waals surface area contributed by atoms with Crippen LogP contribution in [0.5, 0.6) is 0 Å². The second-order valence-corrected chi connectivity index (χ2v) is 7.61. The van der Waals surface area contributed by atoms with E-state index in [0.29, 0.717) is 17.6 Å². The van der Waals surface area contributed by atoms with Gasteiger partial charge in [-0.3, -0.25) is 0 Å². The maximum atomic E-state index is 12.6. The highest BCUT2D eigenvalue weighted by molar-refractivity contribution is 7.71. The van der Waals surface area contributed by atoms with E-state index < -0.39 is 22.8 Å². The summed E-state index contributed by atoms with van der Waals surface area (Å²) in [6, 6.07) is 5.03. The van der Waals surface area contributed by atoms with Crippen LogP contribution in [-0.4, -0.2) is 25.5 Å². The Morgan fingerprint density at radius 1 is 1.16 bits per heavy atom. The number of rotatable bonds is 5. The van der Waals surface area contributed by atoms with Crippen molar-refractivity contribution >= 4 is 12.2 Å². The summed E-state index contributed by atoms with van der Waals surface area (Å²) in [5.41, 5.74) is -1.53. The number of aromatic nitrogens is 3. The molecular weight excluding hydrogens is 351 g/mol. The third kappa shape index (κ3) is 4.70. The van der Waals surface area contributed by atoms with Crippen LogP contribution in [-0.2, 0) is 19.1 Å². The third-order valence-corrected chi connectivity index (χ3v) is 4.86. The Morgan fingerprint density at radius 3 is 2.20 bits per heavy atom. The minimum Gasteiger partial charge on any atom is -0.387 e. The van der Waals surface area contributed by atoms with E-state index in [9.17, 15) is 18.3 Å². The van der Waals surface area contributed by atoms with Crippen LogP contribution in [0.3, 0.4) is 0 Å². The van der Waals surface area contributed by atoms with E-state index in [2.05, 4.69) is 10.1 Å². The summed E-state index contributed by atoms with van der Waals surface area (Å²) in [5, 5.41) is 15.3. The van der Waals surface area contributed by atoms with Crippen molar-refractivity contribution in [3.8, 4) is 0 Å². The van der Waals surface area contributed by atoms with Gasteiger partial charge >= 0.3 is 6.18 Å². The molecule has 1 heterocycles. The summed E-state index contributed by atoms with van der Waals surface area (Å²) in [4.78, 5) is 2.79. The van der Waals surface area contributed by atoms with Crippen LogP contribution < -0.4 is 0 Å². The molecule has 138 valence electrons. The summed E-state index contributed by atoms with van der Waals surface area (Å²) in [6.07, 6.45) is -2.07. The van der Waals surface area contributed by atoms with Crippen LogP contribution in [0.15, 0.2) is 30.6 Å². The van der Waals surface area contributed by atoms with Gasteiger partial charge < -0.3 is 10.1 Å². The third-order valence-electron chi connectivity index (χ3n) is 4.54. The van der Waals surface area contributed by atoms with Crippen LogP contribution in [0.1, 0.15) is 38.3 Å². The summed E-state index contributed by atoms with van der Waals surface area (Å²) >= 11 is 5.13. The largest absolute Gasteiger partial charge is 0.416 e. The van der Waals surface area contributed by atoms with Crippen molar-refractivity contribution in [3.63, 3.8) is 0 Å². The average molecular weight is 373 g/mol. The monoisotopic (exact) mass is 373 g/mol. The summed E-state index contributed by atoms with van der Waals surface area (Å²) < 4.78 is 39.8. The topological polar surface area (TPSA) is 53.8 Å². The Kier molecular flexibility index (Phi) is 5.44. The lowest BCUT2D eigenvalue weighted by Crippen LogP contribution is -2.47. The molecule has 2 rings (SSSR count). The fraction of sp³-hybridized carbons (Fsp3) is 0.529. The number of hydrogen-bond acceptors (Lipinski definition) is 3. The number of aromatic amines is 1.